The Hall–Kier alpha value is -7.11. The van der Waals surface area contributed by atoms with Gasteiger partial charge in [0, 0.05) is 43.6 Å². The van der Waals surface area contributed by atoms with Crippen LogP contribution in [0.3, 0.4) is 0 Å². The molecule has 0 aliphatic carbocycles. The van der Waals surface area contributed by atoms with Crippen molar-refractivity contribution in [1.82, 2.24) is 23.9 Å². The summed E-state index contributed by atoms with van der Waals surface area (Å²) in [5.74, 6) is 1.83. The molecule has 242 valence electrons. The molecular weight excluding hydrogens is 635 g/mol. The lowest BCUT2D eigenvalue weighted by molar-refractivity contribution is 0.953. The molecule has 11 rings (SSSR count). The van der Waals surface area contributed by atoms with Gasteiger partial charge in [-0.15, -0.1) is 0 Å². The quantitative estimate of drug-likeness (QED) is 0.176. The standard InChI is InChI=1S/C47H29N5/c1-3-15-30(16-4-1)43-38-28-27-32(29-42(38)51-39-24-12-9-20-34(39)33-19-7-8-23-37(33)44(43)51)46-48-45(31-17-5-2-6-18-31)49-47(50-46)52-40-25-13-10-21-35(40)36-22-11-14-26-41(36)52/h1-29H. The molecule has 0 aliphatic heterocycles. The van der Waals surface area contributed by atoms with E-state index in [1.807, 2.05) is 18.2 Å². The van der Waals surface area contributed by atoms with Crippen molar-refractivity contribution in [3.63, 3.8) is 0 Å². The summed E-state index contributed by atoms with van der Waals surface area (Å²) in [6.07, 6.45) is 0. The first kappa shape index (κ1) is 28.7. The summed E-state index contributed by atoms with van der Waals surface area (Å²) in [4.78, 5) is 15.6. The zero-order chi connectivity index (χ0) is 34.2. The van der Waals surface area contributed by atoms with E-state index in [0.29, 0.717) is 17.6 Å². The van der Waals surface area contributed by atoms with Crippen LogP contribution in [0.25, 0.3) is 99.8 Å². The monoisotopic (exact) mass is 663 g/mol. The van der Waals surface area contributed by atoms with Gasteiger partial charge in [-0.1, -0.05) is 152 Å². The minimum atomic E-state index is 0.586. The molecule has 0 aliphatic rings. The van der Waals surface area contributed by atoms with Gasteiger partial charge in [-0.2, -0.15) is 9.97 Å². The summed E-state index contributed by atoms with van der Waals surface area (Å²) in [6, 6.07) is 62.0. The lowest BCUT2D eigenvalue weighted by atomic mass is 9.98. The van der Waals surface area contributed by atoms with Gasteiger partial charge >= 0.3 is 0 Å². The van der Waals surface area contributed by atoms with E-state index in [9.17, 15) is 0 Å². The number of nitrogens with zero attached hydrogens (tertiary/aromatic N) is 5. The van der Waals surface area contributed by atoms with Crippen molar-refractivity contribution >= 4 is 59.9 Å². The van der Waals surface area contributed by atoms with Crippen molar-refractivity contribution < 1.29 is 0 Å². The Kier molecular flexibility index (Phi) is 6.18. The minimum absolute atomic E-state index is 0.586. The third kappa shape index (κ3) is 4.20. The van der Waals surface area contributed by atoms with Crippen molar-refractivity contribution in [1.29, 1.82) is 0 Å². The molecule has 0 saturated heterocycles. The lowest BCUT2D eigenvalue weighted by Crippen LogP contribution is -2.06. The van der Waals surface area contributed by atoms with Gasteiger partial charge in [0.2, 0.25) is 5.95 Å². The molecule has 0 spiro atoms. The number of pyridine rings is 1. The van der Waals surface area contributed by atoms with Crippen LogP contribution in [0.15, 0.2) is 176 Å². The van der Waals surface area contributed by atoms with Gasteiger partial charge in [0.1, 0.15) is 0 Å². The predicted molar refractivity (Wildman–Crippen MR) is 214 cm³/mol. The molecule has 52 heavy (non-hydrogen) atoms. The van der Waals surface area contributed by atoms with Crippen LogP contribution in [0, 0.1) is 0 Å². The minimum Gasteiger partial charge on any atom is -0.308 e. The Morgan fingerprint density at radius 1 is 0.327 bits per heavy atom. The third-order valence-electron chi connectivity index (χ3n) is 10.3. The molecule has 0 bridgehead atoms. The molecule has 0 radical (unpaired) electrons. The van der Waals surface area contributed by atoms with Crippen molar-refractivity contribution in [2.24, 2.45) is 0 Å². The van der Waals surface area contributed by atoms with Crippen molar-refractivity contribution in [3.8, 4) is 39.9 Å². The topological polar surface area (TPSA) is 48.0 Å². The van der Waals surface area contributed by atoms with Gasteiger partial charge in [0.05, 0.1) is 27.6 Å². The molecule has 5 nitrogen and oxygen atoms in total. The number of rotatable bonds is 4. The van der Waals surface area contributed by atoms with Gasteiger partial charge in [-0.05, 0) is 35.2 Å². The van der Waals surface area contributed by atoms with Crippen LogP contribution in [-0.2, 0) is 0 Å². The van der Waals surface area contributed by atoms with E-state index in [0.717, 1.165) is 44.0 Å². The van der Waals surface area contributed by atoms with Gasteiger partial charge < -0.3 is 4.40 Å². The summed E-state index contributed by atoms with van der Waals surface area (Å²) in [5.41, 5.74) is 9.83. The Labute approximate surface area is 298 Å². The second-order valence-electron chi connectivity index (χ2n) is 13.2. The SMILES string of the molecule is c1ccc(-c2nc(-c3ccc4c(-c5ccccc5)c5c6ccccc6c6ccccc6n5c4c3)nc(-n3c4ccccc4c4ccccc43)n2)cc1. The molecule has 0 saturated carbocycles. The number of hydrogen-bond donors (Lipinski definition) is 0. The molecule has 4 heterocycles. The average Bonchev–Trinajstić information content (AvgIpc) is 3.75. The molecule has 0 N–H and O–H groups in total. The van der Waals surface area contributed by atoms with Crippen molar-refractivity contribution in [2.45, 2.75) is 0 Å². The summed E-state index contributed by atoms with van der Waals surface area (Å²) < 4.78 is 4.60. The maximum atomic E-state index is 5.27. The average molecular weight is 664 g/mol. The summed E-state index contributed by atoms with van der Waals surface area (Å²) >= 11 is 0. The second kappa shape index (κ2) is 11.2. The Morgan fingerprint density at radius 2 is 0.827 bits per heavy atom. The molecule has 7 aromatic carbocycles. The molecule has 0 fully saturated rings. The summed E-state index contributed by atoms with van der Waals surface area (Å²) in [6.45, 7) is 0. The van der Waals surface area contributed by atoms with E-state index in [2.05, 4.69) is 167 Å². The van der Waals surface area contributed by atoms with E-state index >= 15 is 0 Å². The maximum Gasteiger partial charge on any atom is 0.238 e. The number of aromatic nitrogens is 5. The Bertz CT molecular complexity index is 3120. The van der Waals surface area contributed by atoms with Crippen LogP contribution in [0.4, 0.5) is 0 Å². The van der Waals surface area contributed by atoms with E-state index < -0.39 is 0 Å². The van der Waals surface area contributed by atoms with Gasteiger partial charge in [-0.25, -0.2) is 4.98 Å². The molecule has 0 atom stereocenters. The zero-order valence-corrected chi connectivity index (χ0v) is 28.0. The van der Waals surface area contributed by atoms with E-state index in [1.165, 1.54) is 38.2 Å². The lowest BCUT2D eigenvalue weighted by Gasteiger charge is -2.12. The molecule has 4 aromatic heterocycles. The largest absolute Gasteiger partial charge is 0.308 e. The first-order valence-corrected chi connectivity index (χ1v) is 17.6. The molecule has 5 heteroatoms. The predicted octanol–water partition coefficient (Wildman–Crippen LogP) is 11.7. The smallest absolute Gasteiger partial charge is 0.238 e. The molecule has 0 unspecified atom stereocenters. The van der Waals surface area contributed by atoms with Crippen LogP contribution in [0.1, 0.15) is 0 Å². The Morgan fingerprint density at radius 3 is 1.48 bits per heavy atom. The fraction of sp³-hybridized carbons (Fsp3) is 0. The molecule has 11 aromatic rings. The van der Waals surface area contributed by atoms with Crippen LogP contribution in [0.5, 0.6) is 0 Å². The first-order chi connectivity index (χ1) is 25.8. The maximum absolute atomic E-state index is 5.27. The molecule has 0 amide bonds. The van der Waals surface area contributed by atoms with Crippen LogP contribution < -0.4 is 0 Å². The number of benzene rings is 7. The zero-order valence-electron chi connectivity index (χ0n) is 28.0. The highest BCUT2D eigenvalue weighted by molar-refractivity contribution is 6.22. The van der Waals surface area contributed by atoms with Crippen molar-refractivity contribution in [2.75, 3.05) is 0 Å². The number of fused-ring (bicyclic) bond motifs is 11. The normalized spacial score (nSPS) is 11.8. The van der Waals surface area contributed by atoms with E-state index in [-0.39, 0.29) is 0 Å². The summed E-state index contributed by atoms with van der Waals surface area (Å²) in [5, 5.41) is 7.18. The third-order valence-corrected chi connectivity index (χ3v) is 10.3. The van der Waals surface area contributed by atoms with Gasteiger partial charge in [0.25, 0.3) is 0 Å². The number of hydrogen-bond acceptors (Lipinski definition) is 3. The van der Waals surface area contributed by atoms with Gasteiger partial charge in [-0.3, -0.25) is 4.57 Å². The fourth-order valence-electron chi connectivity index (χ4n) is 8.10. The highest BCUT2D eigenvalue weighted by Gasteiger charge is 2.22. The van der Waals surface area contributed by atoms with Crippen molar-refractivity contribution in [3.05, 3.63) is 176 Å². The van der Waals surface area contributed by atoms with Crippen LogP contribution >= 0.6 is 0 Å². The van der Waals surface area contributed by atoms with Gasteiger partial charge in [0.15, 0.2) is 11.6 Å². The highest BCUT2D eigenvalue weighted by Crippen LogP contribution is 2.43. The van der Waals surface area contributed by atoms with Crippen LogP contribution in [-0.4, -0.2) is 23.9 Å². The fourth-order valence-corrected chi connectivity index (χ4v) is 8.10. The van der Waals surface area contributed by atoms with E-state index in [1.54, 1.807) is 0 Å². The first-order valence-electron chi connectivity index (χ1n) is 17.6. The second-order valence-corrected chi connectivity index (χ2v) is 13.2. The number of para-hydroxylation sites is 3. The Balaban J connectivity index is 1.25. The van der Waals surface area contributed by atoms with E-state index in [4.69, 9.17) is 15.0 Å². The highest BCUT2D eigenvalue weighted by atomic mass is 15.2. The van der Waals surface area contributed by atoms with Crippen LogP contribution in [0.2, 0.25) is 0 Å². The molecular formula is C47H29N5. The summed E-state index contributed by atoms with van der Waals surface area (Å²) in [7, 11) is 0.